The van der Waals surface area contributed by atoms with Crippen LogP contribution in [0.5, 0.6) is 5.75 Å². The van der Waals surface area contributed by atoms with E-state index in [1.54, 1.807) is 22.3 Å². The van der Waals surface area contributed by atoms with Gasteiger partial charge in [0.25, 0.3) is 11.4 Å². The molecule has 0 bridgehead atoms. The molecule has 176 valence electrons. The predicted molar refractivity (Wildman–Crippen MR) is 126 cm³/mol. The molecular weight excluding hydrogens is 512 g/mol. The van der Waals surface area contributed by atoms with Crippen molar-refractivity contribution in [2.45, 2.75) is 26.2 Å². The van der Waals surface area contributed by atoms with Crippen molar-refractivity contribution in [2.24, 2.45) is 0 Å². The van der Waals surface area contributed by atoms with Crippen LogP contribution < -0.4 is 0 Å². The Morgan fingerprint density at radius 3 is 1.24 bits per heavy atom. The van der Waals surface area contributed by atoms with Crippen molar-refractivity contribution in [3.8, 4) is 5.75 Å². The average molecular weight is 532 g/mol. The third-order valence-corrected chi connectivity index (χ3v) is 5.92. The summed E-state index contributed by atoms with van der Waals surface area (Å²) in [4.78, 5) is 27.8. The monoisotopic (exact) mass is 531 g/mol. The molecule has 5 rings (SSSR count). The molecular formula is C22H20BrN4O7+. The summed E-state index contributed by atoms with van der Waals surface area (Å²) in [5.41, 5.74) is 3.22. The molecule has 0 aliphatic carbocycles. The van der Waals surface area contributed by atoms with E-state index >= 15 is 0 Å². The number of phenolic OH excluding ortho intramolecular Hbond substituents is 1. The molecule has 2 aliphatic rings. The molecule has 3 aromatic carbocycles. The Hall–Kier alpha value is -3.90. The first-order valence-corrected chi connectivity index (χ1v) is 9.98. The molecule has 11 nitrogen and oxygen atoms in total. The van der Waals surface area contributed by atoms with Crippen LogP contribution in [0.1, 0.15) is 22.3 Å². The molecule has 3 aromatic rings. The molecule has 0 radical (unpaired) electrons. The van der Waals surface area contributed by atoms with Gasteiger partial charge in [-0.05, 0) is 0 Å². The van der Waals surface area contributed by atoms with Gasteiger partial charge in [-0.2, -0.15) is 0 Å². The highest BCUT2D eigenvalue weighted by Gasteiger charge is 2.40. The fourth-order valence-electron chi connectivity index (χ4n) is 4.49. The van der Waals surface area contributed by atoms with Gasteiger partial charge in [0.1, 0.15) is 26.2 Å². The lowest BCUT2D eigenvalue weighted by atomic mass is 10.1. The van der Waals surface area contributed by atoms with Gasteiger partial charge in [-0.1, -0.05) is 48.5 Å². The van der Waals surface area contributed by atoms with Gasteiger partial charge in [0, 0.05) is 22.3 Å². The molecule has 1 N–H and O–H groups in total. The average Bonchev–Trinajstić information content (AvgIpc) is 3.31. The van der Waals surface area contributed by atoms with Crippen molar-refractivity contribution in [1.29, 1.82) is 0 Å². The Bertz CT molecular complexity index is 1160. The highest BCUT2D eigenvalue weighted by Crippen LogP contribution is 2.40. The number of rotatable bonds is 3. The zero-order valence-electron chi connectivity index (χ0n) is 17.7. The first-order valence-electron chi connectivity index (χ1n) is 9.98. The molecule has 0 amide bonds. The van der Waals surface area contributed by atoms with Crippen molar-refractivity contribution >= 4 is 34.0 Å². The standard InChI is InChI=1S/C16H16N.C6H3N3O7.BrH/c1-2-6-14-10-17(9-13(14)5-1)11-15-7-3-4-8-16(15)12-17;10-6-4(8(13)14)1-3(7(11)12)2-5(6)9(15)16;/h1-8H,9-12H2;1-2,10H;1H/q+1;;. The van der Waals surface area contributed by atoms with Crippen LogP contribution in [0.15, 0.2) is 60.7 Å². The maximum absolute atomic E-state index is 10.4. The van der Waals surface area contributed by atoms with Gasteiger partial charge in [-0.15, -0.1) is 17.0 Å². The predicted octanol–water partition coefficient (Wildman–Crippen LogP) is 4.93. The Morgan fingerprint density at radius 1 is 0.647 bits per heavy atom. The van der Waals surface area contributed by atoms with E-state index in [-0.39, 0.29) is 17.0 Å². The number of non-ortho nitro benzene ring substituents is 1. The van der Waals surface area contributed by atoms with Gasteiger partial charge in [-0.25, -0.2) is 0 Å². The van der Waals surface area contributed by atoms with Crippen LogP contribution in [0.4, 0.5) is 17.1 Å². The summed E-state index contributed by atoms with van der Waals surface area (Å²) < 4.78 is 1.22. The second kappa shape index (κ2) is 9.53. The number of fused-ring (bicyclic) bond motifs is 2. The van der Waals surface area contributed by atoms with Crippen molar-refractivity contribution in [3.63, 3.8) is 0 Å². The highest BCUT2D eigenvalue weighted by atomic mass is 79.9. The molecule has 34 heavy (non-hydrogen) atoms. The van der Waals surface area contributed by atoms with Gasteiger partial charge in [0.2, 0.25) is 0 Å². The Kier molecular flexibility index (Phi) is 6.93. The van der Waals surface area contributed by atoms with E-state index in [9.17, 15) is 30.3 Å². The maximum atomic E-state index is 10.4. The van der Waals surface area contributed by atoms with Crippen molar-refractivity contribution in [1.82, 2.24) is 0 Å². The zero-order chi connectivity index (χ0) is 23.8. The summed E-state index contributed by atoms with van der Waals surface area (Å²) in [6.07, 6.45) is 0. The molecule has 0 atom stereocenters. The van der Waals surface area contributed by atoms with E-state index < -0.39 is 37.6 Å². The molecule has 1 spiro atoms. The van der Waals surface area contributed by atoms with Crippen LogP contribution >= 0.6 is 17.0 Å². The molecule has 0 saturated carbocycles. The van der Waals surface area contributed by atoms with Crippen LogP contribution in [0.2, 0.25) is 0 Å². The number of nitrogens with zero attached hydrogens (tertiary/aromatic N) is 4. The van der Waals surface area contributed by atoms with Crippen LogP contribution in [-0.4, -0.2) is 24.4 Å². The molecule has 2 heterocycles. The summed E-state index contributed by atoms with van der Waals surface area (Å²) in [6, 6.07) is 18.8. The molecule has 2 aliphatic heterocycles. The van der Waals surface area contributed by atoms with Crippen LogP contribution in [0.25, 0.3) is 0 Å². The van der Waals surface area contributed by atoms with Crippen LogP contribution in [-0.2, 0) is 26.2 Å². The molecule has 0 unspecified atom stereocenters. The minimum Gasteiger partial charge on any atom is -0.497 e. The fourth-order valence-corrected chi connectivity index (χ4v) is 4.49. The number of benzene rings is 3. The number of nitro benzene ring substituents is 3. The number of nitro groups is 3. The number of aromatic hydroxyl groups is 1. The van der Waals surface area contributed by atoms with Gasteiger partial charge < -0.3 is 9.59 Å². The lowest BCUT2D eigenvalue weighted by molar-refractivity contribution is -0.966. The van der Waals surface area contributed by atoms with Gasteiger partial charge >= 0.3 is 11.4 Å². The number of hydrogen-bond donors (Lipinski definition) is 1. The zero-order valence-corrected chi connectivity index (χ0v) is 19.4. The third kappa shape index (κ3) is 4.72. The molecule has 0 fully saturated rings. The summed E-state index contributed by atoms with van der Waals surface area (Å²) in [7, 11) is 0. The summed E-state index contributed by atoms with van der Waals surface area (Å²) >= 11 is 0. The largest absolute Gasteiger partial charge is 0.497 e. The Morgan fingerprint density at radius 2 is 0.971 bits per heavy atom. The number of halogens is 1. The summed E-state index contributed by atoms with van der Waals surface area (Å²) in [5, 5.41) is 40.2. The van der Waals surface area contributed by atoms with E-state index in [0.29, 0.717) is 12.1 Å². The lowest BCUT2D eigenvalue weighted by Gasteiger charge is -2.28. The molecule has 0 saturated heterocycles. The molecule has 0 aromatic heterocycles. The minimum absolute atomic E-state index is 0. The minimum atomic E-state index is -1.21. The number of phenols is 1. The topological polar surface area (TPSA) is 150 Å². The quantitative estimate of drug-likeness (QED) is 0.286. The first kappa shape index (κ1) is 24.7. The maximum Gasteiger partial charge on any atom is 0.324 e. The Labute approximate surface area is 203 Å². The third-order valence-electron chi connectivity index (χ3n) is 5.92. The fraction of sp³-hybridized carbons (Fsp3) is 0.182. The lowest BCUT2D eigenvalue weighted by Crippen LogP contribution is -2.36. The van der Waals surface area contributed by atoms with Crippen molar-refractivity contribution in [2.75, 3.05) is 0 Å². The van der Waals surface area contributed by atoms with E-state index in [2.05, 4.69) is 48.5 Å². The van der Waals surface area contributed by atoms with Crippen molar-refractivity contribution in [3.05, 3.63) is 113 Å². The second-order valence-corrected chi connectivity index (χ2v) is 8.12. The normalized spacial score (nSPS) is 14.2. The second-order valence-electron chi connectivity index (χ2n) is 8.12. The SMILES string of the molecule is Br.O=[N+]([O-])c1cc([N+](=O)[O-])c(O)c([N+](=O)[O-])c1.c1ccc2c(c1)C[N+]1(C2)Cc2ccccc2C1. The van der Waals surface area contributed by atoms with E-state index in [1.165, 1.54) is 30.7 Å². The van der Waals surface area contributed by atoms with Crippen molar-refractivity contribution < 1.29 is 24.4 Å². The number of hydrogen-bond acceptors (Lipinski definition) is 7. The smallest absolute Gasteiger partial charge is 0.324 e. The number of quaternary nitrogens is 1. The Balaban J connectivity index is 0.000000186. The van der Waals surface area contributed by atoms with E-state index in [0.717, 1.165) is 0 Å². The summed E-state index contributed by atoms with van der Waals surface area (Å²) in [5.74, 6) is -1.21. The van der Waals surface area contributed by atoms with Crippen LogP contribution in [0.3, 0.4) is 0 Å². The summed E-state index contributed by atoms with van der Waals surface area (Å²) in [6.45, 7) is 4.85. The van der Waals surface area contributed by atoms with Gasteiger partial charge in [-0.3, -0.25) is 30.3 Å². The van der Waals surface area contributed by atoms with Gasteiger partial charge in [0.05, 0.1) is 26.9 Å². The van der Waals surface area contributed by atoms with Gasteiger partial charge in [0.15, 0.2) is 0 Å². The highest BCUT2D eigenvalue weighted by molar-refractivity contribution is 8.93. The van der Waals surface area contributed by atoms with E-state index in [1.807, 2.05) is 0 Å². The van der Waals surface area contributed by atoms with E-state index in [4.69, 9.17) is 5.11 Å². The molecule has 12 heteroatoms. The first-order chi connectivity index (χ1) is 15.7. The van der Waals surface area contributed by atoms with Crippen LogP contribution in [0, 0.1) is 30.3 Å².